The lowest BCUT2D eigenvalue weighted by Gasteiger charge is -2.39. The number of hydrogen-bond acceptors (Lipinski definition) is 3. The lowest BCUT2D eigenvalue weighted by Crippen LogP contribution is -2.51. The summed E-state index contributed by atoms with van der Waals surface area (Å²) in [7, 11) is 0. The van der Waals surface area contributed by atoms with Crippen molar-refractivity contribution in [2.75, 3.05) is 19.8 Å². The minimum Gasteiger partial charge on any atom is -0.481 e. The first-order valence-electron chi connectivity index (χ1n) is 6.86. The molecule has 1 aromatic rings. The summed E-state index contributed by atoms with van der Waals surface area (Å²) in [6.45, 7) is 3.82. The summed E-state index contributed by atoms with van der Waals surface area (Å²) in [5.74, 6) is -1.05. The van der Waals surface area contributed by atoms with E-state index in [0.29, 0.717) is 26.2 Å². The molecule has 0 bridgehead atoms. The number of halogens is 1. The van der Waals surface area contributed by atoms with E-state index in [2.05, 4.69) is 4.90 Å². The Kier molecular flexibility index (Phi) is 5.09. The zero-order valence-corrected chi connectivity index (χ0v) is 11.6. The van der Waals surface area contributed by atoms with Crippen molar-refractivity contribution >= 4 is 5.97 Å². The number of carboxylic acid groups (broad SMARTS) is 1. The molecule has 2 atom stereocenters. The average molecular weight is 281 g/mol. The van der Waals surface area contributed by atoms with Crippen LogP contribution in [0.1, 0.15) is 18.9 Å². The third kappa shape index (κ3) is 4.02. The second kappa shape index (κ2) is 6.81. The van der Waals surface area contributed by atoms with Gasteiger partial charge in [-0.05, 0) is 31.0 Å². The van der Waals surface area contributed by atoms with Gasteiger partial charge in [0.25, 0.3) is 0 Å². The molecule has 1 aliphatic rings. The average Bonchev–Trinajstić information content (AvgIpc) is 2.38. The second-order valence-corrected chi connectivity index (χ2v) is 5.25. The summed E-state index contributed by atoms with van der Waals surface area (Å²) >= 11 is 0. The fourth-order valence-electron chi connectivity index (χ4n) is 2.75. The largest absolute Gasteiger partial charge is 0.481 e. The summed E-state index contributed by atoms with van der Waals surface area (Å²) in [6.07, 6.45) is 0.779. The molecule has 0 aliphatic carbocycles. The SMILES string of the molecule is CC(Cc1cccc(F)c1)N1CCOCC1CC(=O)O. The van der Waals surface area contributed by atoms with Crippen molar-refractivity contribution in [3.8, 4) is 0 Å². The van der Waals surface area contributed by atoms with Gasteiger partial charge in [-0.25, -0.2) is 4.39 Å². The van der Waals surface area contributed by atoms with Crippen LogP contribution in [0.4, 0.5) is 4.39 Å². The molecule has 1 saturated heterocycles. The van der Waals surface area contributed by atoms with E-state index in [-0.39, 0.29) is 24.3 Å². The third-order valence-corrected chi connectivity index (χ3v) is 3.67. The predicted octanol–water partition coefficient (Wildman–Crippen LogP) is 1.93. The van der Waals surface area contributed by atoms with Crippen molar-refractivity contribution in [1.82, 2.24) is 4.90 Å². The van der Waals surface area contributed by atoms with Crippen molar-refractivity contribution in [2.45, 2.75) is 31.8 Å². The Labute approximate surface area is 118 Å². The fraction of sp³-hybridized carbons (Fsp3) is 0.533. The van der Waals surface area contributed by atoms with Crippen molar-refractivity contribution in [1.29, 1.82) is 0 Å². The highest BCUT2D eigenvalue weighted by molar-refractivity contribution is 5.67. The molecule has 0 amide bonds. The smallest absolute Gasteiger partial charge is 0.305 e. The molecule has 1 aromatic carbocycles. The molecule has 0 saturated carbocycles. The number of hydrogen-bond donors (Lipinski definition) is 1. The van der Waals surface area contributed by atoms with Gasteiger partial charge in [-0.3, -0.25) is 9.69 Å². The second-order valence-electron chi connectivity index (χ2n) is 5.25. The van der Waals surface area contributed by atoms with E-state index in [1.165, 1.54) is 12.1 Å². The summed E-state index contributed by atoms with van der Waals surface area (Å²) in [6, 6.07) is 6.60. The van der Waals surface area contributed by atoms with Crippen molar-refractivity contribution in [3.63, 3.8) is 0 Å². The first-order valence-corrected chi connectivity index (χ1v) is 6.86. The van der Waals surface area contributed by atoms with Gasteiger partial charge in [0.05, 0.1) is 19.6 Å². The first kappa shape index (κ1) is 14.9. The summed E-state index contributed by atoms with van der Waals surface area (Å²) in [4.78, 5) is 13.1. The molecule has 0 spiro atoms. The van der Waals surface area contributed by atoms with Gasteiger partial charge in [-0.15, -0.1) is 0 Å². The number of aliphatic carboxylic acids is 1. The highest BCUT2D eigenvalue weighted by Crippen LogP contribution is 2.18. The number of benzene rings is 1. The molecule has 20 heavy (non-hydrogen) atoms. The molecule has 0 aromatic heterocycles. The van der Waals surface area contributed by atoms with Crippen LogP contribution in [0.15, 0.2) is 24.3 Å². The fourth-order valence-corrected chi connectivity index (χ4v) is 2.75. The highest BCUT2D eigenvalue weighted by atomic mass is 19.1. The van der Waals surface area contributed by atoms with Crippen LogP contribution in [0.3, 0.4) is 0 Å². The molecule has 1 aliphatic heterocycles. The van der Waals surface area contributed by atoms with Crippen LogP contribution in [-0.2, 0) is 16.0 Å². The normalized spacial score (nSPS) is 21.6. The third-order valence-electron chi connectivity index (χ3n) is 3.67. The van der Waals surface area contributed by atoms with Crippen molar-refractivity contribution < 1.29 is 19.0 Å². The van der Waals surface area contributed by atoms with Crippen LogP contribution in [0.5, 0.6) is 0 Å². The van der Waals surface area contributed by atoms with Gasteiger partial charge in [0.1, 0.15) is 5.82 Å². The van der Waals surface area contributed by atoms with E-state index in [4.69, 9.17) is 9.84 Å². The number of ether oxygens (including phenoxy) is 1. The topological polar surface area (TPSA) is 49.8 Å². The number of morpholine rings is 1. The number of nitrogens with zero attached hydrogens (tertiary/aromatic N) is 1. The first-order chi connectivity index (χ1) is 9.56. The van der Waals surface area contributed by atoms with E-state index in [0.717, 1.165) is 5.56 Å². The zero-order valence-electron chi connectivity index (χ0n) is 11.6. The van der Waals surface area contributed by atoms with Gasteiger partial charge in [0.15, 0.2) is 0 Å². The van der Waals surface area contributed by atoms with Crippen LogP contribution in [0.2, 0.25) is 0 Å². The maximum Gasteiger partial charge on any atom is 0.305 e. The van der Waals surface area contributed by atoms with Gasteiger partial charge in [0.2, 0.25) is 0 Å². The summed E-state index contributed by atoms with van der Waals surface area (Å²) in [5, 5.41) is 8.96. The van der Waals surface area contributed by atoms with E-state index < -0.39 is 5.97 Å². The van der Waals surface area contributed by atoms with Gasteiger partial charge in [-0.2, -0.15) is 0 Å². The number of carboxylic acids is 1. The van der Waals surface area contributed by atoms with Gasteiger partial charge >= 0.3 is 5.97 Å². The Morgan fingerprint density at radius 3 is 3.10 bits per heavy atom. The van der Waals surface area contributed by atoms with Crippen LogP contribution >= 0.6 is 0 Å². The Morgan fingerprint density at radius 1 is 1.60 bits per heavy atom. The minimum absolute atomic E-state index is 0.0769. The Bertz CT molecular complexity index is 466. The standard InChI is InChI=1S/C15H20FNO3/c1-11(7-12-3-2-4-13(16)8-12)17-5-6-20-10-14(17)9-15(18)19/h2-4,8,11,14H,5-7,9-10H2,1H3,(H,18,19). The predicted molar refractivity (Wildman–Crippen MR) is 73.1 cm³/mol. The summed E-state index contributed by atoms with van der Waals surface area (Å²) in [5.41, 5.74) is 0.929. The molecule has 0 radical (unpaired) electrons. The van der Waals surface area contributed by atoms with Gasteiger partial charge in [0, 0.05) is 18.6 Å². The van der Waals surface area contributed by atoms with E-state index in [1.54, 1.807) is 6.07 Å². The lowest BCUT2D eigenvalue weighted by atomic mass is 10.0. The van der Waals surface area contributed by atoms with Crippen LogP contribution in [0, 0.1) is 5.82 Å². The molecule has 5 heteroatoms. The zero-order chi connectivity index (χ0) is 14.5. The molecule has 4 nitrogen and oxygen atoms in total. The highest BCUT2D eigenvalue weighted by Gasteiger charge is 2.28. The minimum atomic E-state index is -0.816. The lowest BCUT2D eigenvalue weighted by molar-refractivity contribution is -0.140. The molecular formula is C15H20FNO3. The van der Waals surface area contributed by atoms with Crippen molar-refractivity contribution in [3.05, 3.63) is 35.6 Å². The monoisotopic (exact) mass is 281 g/mol. The van der Waals surface area contributed by atoms with Crippen LogP contribution < -0.4 is 0 Å². The maximum absolute atomic E-state index is 13.2. The van der Waals surface area contributed by atoms with Crippen LogP contribution in [0.25, 0.3) is 0 Å². The van der Waals surface area contributed by atoms with Gasteiger partial charge < -0.3 is 9.84 Å². The van der Waals surface area contributed by atoms with Crippen molar-refractivity contribution in [2.24, 2.45) is 0 Å². The number of carbonyl (C=O) groups is 1. The van der Waals surface area contributed by atoms with E-state index >= 15 is 0 Å². The summed E-state index contributed by atoms with van der Waals surface area (Å²) < 4.78 is 18.6. The molecule has 1 heterocycles. The van der Waals surface area contributed by atoms with Gasteiger partial charge in [-0.1, -0.05) is 12.1 Å². The molecule has 2 rings (SSSR count). The Balaban J connectivity index is 2.01. The Hall–Kier alpha value is -1.46. The maximum atomic E-state index is 13.2. The molecule has 2 unspecified atom stereocenters. The number of rotatable bonds is 5. The van der Waals surface area contributed by atoms with E-state index in [1.807, 2.05) is 13.0 Å². The molecule has 1 fully saturated rings. The molecule has 1 N–H and O–H groups in total. The van der Waals surface area contributed by atoms with E-state index in [9.17, 15) is 9.18 Å². The Morgan fingerprint density at radius 2 is 2.40 bits per heavy atom. The molecular weight excluding hydrogens is 261 g/mol. The quantitative estimate of drug-likeness (QED) is 0.896. The van der Waals surface area contributed by atoms with Crippen LogP contribution in [-0.4, -0.2) is 47.8 Å². The molecule has 110 valence electrons.